The summed E-state index contributed by atoms with van der Waals surface area (Å²) in [5, 5.41) is 20.2. The molecule has 0 aliphatic heterocycles. The van der Waals surface area contributed by atoms with Crippen LogP contribution in [0.25, 0.3) is 22.6 Å². The number of benzene rings is 2. The first-order valence-electron chi connectivity index (χ1n) is 8.72. The van der Waals surface area contributed by atoms with E-state index in [0.717, 1.165) is 22.2 Å². The predicted octanol–water partition coefficient (Wildman–Crippen LogP) is 4.74. The van der Waals surface area contributed by atoms with E-state index in [1.165, 1.54) is 0 Å². The highest BCUT2D eigenvalue weighted by Gasteiger charge is 2.13. The maximum absolute atomic E-state index is 7.39. The number of hydrogen-bond donors (Lipinski definition) is 6. The van der Waals surface area contributed by atoms with E-state index in [1.807, 2.05) is 12.1 Å². The molecule has 13 heteroatoms. The molecule has 0 unspecified atom stereocenters. The van der Waals surface area contributed by atoms with Gasteiger partial charge in [-0.2, -0.15) is 0 Å². The number of ether oxygens (including phenoxy) is 2. The van der Waals surface area contributed by atoms with Crippen molar-refractivity contribution >= 4 is 83.7 Å². The van der Waals surface area contributed by atoms with Crippen LogP contribution >= 0.6 is 49.2 Å². The fourth-order valence-corrected chi connectivity index (χ4v) is 3.00. The number of nitrogens with one attached hydrogen (secondary N) is 4. The summed E-state index contributed by atoms with van der Waals surface area (Å²) in [4.78, 5) is 0. The summed E-state index contributed by atoms with van der Waals surface area (Å²) in [7, 11) is 0. The van der Waals surface area contributed by atoms with E-state index < -0.39 is 0 Å². The third kappa shape index (κ3) is 7.05. The first-order chi connectivity index (χ1) is 14.9. The van der Waals surface area contributed by atoms with Gasteiger partial charge in [0.1, 0.15) is 11.5 Å². The molecule has 0 saturated carbocycles. The van der Waals surface area contributed by atoms with Gasteiger partial charge in [-0.1, -0.05) is 0 Å². The van der Waals surface area contributed by atoms with Gasteiger partial charge in [0, 0.05) is 11.1 Å². The Morgan fingerprint density at radius 2 is 1.15 bits per heavy atom. The Labute approximate surface area is 212 Å². The summed E-state index contributed by atoms with van der Waals surface area (Å²) in [6.45, 7) is 0. The van der Waals surface area contributed by atoms with Crippen LogP contribution in [0.1, 0.15) is 0 Å². The molecule has 3 aromatic rings. The molecule has 0 aliphatic rings. The number of rotatable bonds is 8. The van der Waals surface area contributed by atoms with Crippen LogP contribution in [0.2, 0.25) is 0 Å². The Balaban J connectivity index is 0.00000272. The minimum Gasteiger partial charge on any atom is -0.456 e. The smallest absolute Gasteiger partial charge is 0.190 e. The molecule has 2 aromatic carbocycles. The predicted molar refractivity (Wildman–Crippen MR) is 144 cm³/mol. The maximum Gasteiger partial charge on any atom is 0.190 e. The molecule has 8 N–H and O–H groups in total. The number of thiocarbonyl (C=S) groups is 2. The average Bonchev–Trinajstić information content (AvgIpc) is 3.20. The molecule has 0 aliphatic carbocycles. The molecule has 0 atom stereocenters. The second kappa shape index (κ2) is 12.6. The standard InChI is InChI=1S/C20H18N6O3S2.2ClH/c21-19(22)25-13-3-1-11(7-17(13)27-9-30)15-5-6-16(29-15)12-2-4-14(26-20(23)24)18(8-12)28-10-31;;/h1-10H,(H4,21,22,25)(H4,23,24,26);2*1H. The summed E-state index contributed by atoms with van der Waals surface area (Å²) >= 11 is 9.55. The third-order valence-corrected chi connectivity index (χ3v) is 4.22. The Hall–Kier alpha value is -3.38. The van der Waals surface area contributed by atoms with Crippen molar-refractivity contribution in [1.29, 1.82) is 10.8 Å². The lowest BCUT2D eigenvalue weighted by molar-refractivity contribution is 0.581. The summed E-state index contributed by atoms with van der Waals surface area (Å²) in [6.07, 6.45) is 0. The van der Waals surface area contributed by atoms with Crippen molar-refractivity contribution in [3.05, 3.63) is 48.5 Å². The zero-order valence-electron chi connectivity index (χ0n) is 16.8. The van der Waals surface area contributed by atoms with Crippen LogP contribution < -0.4 is 31.6 Å². The van der Waals surface area contributed by atoms with E-state index in [4.69, 9.17) is 60.6 Å². The number of nitrogens with two attached hydrogens (primary N) is 2. The van der Waals surface area contributed by atoms with Gasteiger partial charge in [-0.3, -0.25) is 10.8 Å². The highest BCUT2D eigenvalue weighted by atomic mass is 35.5. The van der Waals surface area contributed by atoms with Gasteiger partial charge in [0.2, 0.25) is 0 Å². The number of halogens is 2. The normalized spacial score (nSPS) is 9.45. The molecule has 1 heterocycles. The summed E-state index contributed by atoms with van der Waals surface area (Å²) in [5.41, 5.74) is 15.5. The summed E-state index contributed by atoms with van der Waals surface area (Å²) < 4.78 is 16.7. The SMILES string of the molecule is Cl.Cl.N=C(N)Nc1ccc(-c2ccc(-c3ccc(NC(=N)N)c(OC=S)c3)o2)cc1OC=S. The topological polar surface area (TPSA) is 155 Å². The van der Waals surface area contributed by atoms with E-state index in [-0.39, 0.29) is 36.7 Å². The third-order valence-electron chi connectivity index (χ3n) is 4.03. The van der Waals surface area contributed by atoms with Crippen molar-refractivity contribution in [3.63, 3.8) is 0 Å². The number of furan rings is 1. The zero-order chi connectivity index (χ0) is 22.4. The van der Waals surface area contributed by atoms with Crippen molar-refractivity contribution < 1.29 is 13.9 Å². The highest BCUT2D eigenvalue weighted by molar-refractivity contribution is 7.78. The van der Waals surface area contributed by atoms with Crippen LogP contribution in [0.15, 0.2) is 52.9 Å². The van der Waals surface area contributed by atoms with Gasteiger partial charge in [0.25, 0.3) is 0 Å². The molecular formula is C20H20Cl2N6O3S2. The Morgan fingerprint density at radius 3 is 1.48 bits per heavy atom. The van der Waals surface area contributed by atoms with Gasteiger partial charge in [-0.15, -0.1) is 24.8 Å². The Morgan fingerprint density at radius 1 is 0.758 bits per heavy atom. The minimum absolute atomic E-state index is 0. The van der Waals surface area contributed by atoms with Crippen molar-refractivity contribution in [1.82, 2.24) is 0 Å². The molecule has 0 spiro atoms. The molecule has 0 radical (unpaired) electrons. The van der Waals surface area contributed by atoms with Crippen LogP contribution in [0.4, 0.5) is 11.4 Å². The fourth-order valence-electron chi connectivity index (χ4n) is 2.79. The van der Waals surface area contributed by atoms with Crippen molar-refractivity contribution in [2.45, 2.75) is 0 Å². The van der Waals surface area contributed by atoms with Crippen molar-refractivity contribution in [2.75, 3.05) is 10.6 Å². The van der Waals surface area contributed by atoms with E-state index >= 15 is 0 Å². The number of anilines is 2. The second-order valence-corrected chi connectivity index (χ2v) is 6.48. The molecule has 1 aromatic heterocycles. The Bertz CT molecular complexity index is 1080. The number of hydrogen-bond acceptors (Lipinski definition) is 7. The fraction of sp³-hybridized carbons (Fsp3) is 0. The highest BCUT2D eigenvalue weighted by Crippen LogP contribution is 2.36. The van der Waals surface area contributed by atoms with E-state index in [1.54, 1.807) is 36.4 Å². The van der Waals surface area contributed by atoms with Crippen LogP contribution in [-0.2, 0) is 0 Å². The second-order valence-electron chi connectivity index (χ2n) is 6.09. The molecule has 174 valence electrons. The molecular weight excluding hydrogens is 507 g/mol. The lowest BCUT2D eigenvalue weighted by atomic mass is 10.1. The number of guanidine groups is 2. The van der Waals surface area contributed by atoms with Crippen LogP contribution in [0, 0.1) is 10.8 Å². The van der Waals surface area contributed by atoms with Gasteiger partial charge < -0.3 is 36.0 Å². The quantitative estimate of drug-likeness (QED) is 0.138. The lowest BCUT2D eigenvalue weighted by Gasteiger charge is -2.11. The average molecular weight is 527 g/mol. The Kier molecular flexibility index (Phi) is 10.6. The molecule has 0 fully saturated rings. The van der Waals surface area contributed by atoms with Crippen molar-refractivity contribution in [2.24, 2.45) is 11.5 Å². The zero-order valence-corrected chi connectivity index (χ0v) is 20.1. The van der Waals surface area contributed by atoms with Gasteiger partial charge in [-0.25, -0.2) is 0 Å². The van der Waals surface area contributed by atoms with E-state index in [0.29, 0.717) is 34.4 Å². The first-order valence-corrected chi connectivity index (χ1v) is 9.67. The molecule has 0 bridgehead atoms. The summed E-state index contributed by atoms with van der Waals surface area (Å²) in [6, 6.07) is 14.1. The van der Waals surface area contributed by atoms with Gasteiger partial charge in [0.15, 0.2) is 34.5 Å². The van der Waals surface area contributed by atoms with Crippen LogP contribution in [-0.4, -0.2) is 23.0 Å². The molecule has 0 amide bonds. The maximum atomic E-state index is 7.39. The van der Waals surface area contributed by atoms with Crippen LogP contribution in [0.3, 0.4) is 0 Å². The molecule has 0 saturated heterocycles. The summed E-state index contributed by atoms with van der Waals surface area (Å²) in [5.74, 6) is 1.52. The molecule has 9 nitrogen and oxygen atoms in total. The largest absolute Gasteiger partial charge is 0.456 e. The monoisotopic (exact) mass is 526 g/mol. The van der Waals surface area contributed by atoms with E-state index in [9.17, 15) is 0 Å². The molecule has 33 heavy (non-hydrogen) atoms. The van der Waals surface area contributed by atoms with E-state index in [2.05, 4.69) is 10.6 Å². The lowest BCUT2D eigenvalue weighted by Crippen LogP contribution is -2.20. The van der Waals surface area contributed by atoms with Crippen LogP contribution in [0.5, 0.6) is 11.5 Å². The van der Waals surface area contributed by atoms with Gasteiger partial charge in [0.05, 0.1) is 11.4 Å². The first kappa shape index (κ1) is 27.7. The van der Waals surface area contributed by atoms with Crippen molar-refractivity contribution in [3.8, 4) is 34.1 Å². The van der Waals surface area contributed by atoms with Gasteiger partial charge >= 0.3 is 0 Å². The van der Waals surface area contributed by atoms with Gasteiger partial charge in [-0.05, 0) is 73.0 Å². The minimum atomic E-state index is -0.223. The molecule has 3 rings (SSSR count).